The fraction of sp³-hybridized carbons (Fsp3) is 0.167. The number of aliphatic carboxylic acids is 1. The quantitative estimate of drug-likeness (QED) is 0.785. The maximum Gasteiger partial charge on any atom is 0.323 e. The molecule has 0 radical (unpaired) electrons. The van der Waals surface area contributed by atoms with E-state index in [0.717, 1.165) is 4.57 Å². The van der Waals surface area contributed by atoms with Crippen LogP contribution in [-0.4, -0.2) is 20.6 Å². The van der Waals surface area contributed by atoms with Crippen LogP contribution in [0.5, 0.6) is 0 Å². The Kier molecular flexibility index (Phi) is 2.59. The average Bonchev–Trinajstić information content (AvgIpc) is 1.98. The smallest absolute Gasteiger partial charge is 0.323 e. The highest BCUT2D eigenvalue weighted by Gasteiger charge is 2.03. The van der Waals surface area contributed by atoms with Gasteiger partial charge in [0.1, 0.15) is 11.0 Å². The van der Waals surface area contributed by atoms with Crippen LogP contribution in [0.15, 0.2) is 21.8 Å². The number of hydrogen-bond acceptors (Lipinski definition) is 3. The largest absolute Gasteiger partial charge is 0.480 e. The minimum Gasteiger partial charge on any atom is -0.480 e. The molecule has 0 aromatic carbocycles. The van der Waals surface area contributed by atoms with E-state index in [1.54, 1.807) is 0 Å². The summed E-state index contributed by atoms with van der Waals surface area (Å²) in [4.78, 5) is 25.0. The van der Waals surface area contributed by atoms with Crippen molar-refractivity contribution in [3.05, 3.63) is 27.4 Å². The summed E-state index contributed by atoms with van der Waals surface area (Å²) in [7, 11) is 0. The fourth-order valence-electron chi connectivity index (χ4n) is 0.682. The molecule has 0 unspecified atom stereocenters. The van der Waals surface area contributed by atoms with Crippen molar-refractivity contribution in [2.75, 3.05) is 0 Å². The number of aromatic nitrogens is 2. The Morgan fingerprint density at radius 2 is 2.42 bits per heavy atom. The van der Waals surface area contributed by atoms with Gasteiger partial charge in [0.15, 0.2) is 0 Å². The van der Waals surface area contributed by atoms with E-state index < -0.39 is 11.5 Å². The molecule has 0 atom stereocenters. The van der Waals surface area contributed by atoms with Crippen molar-refractivity contribution in [2.24, 2.45) is 0 Å². The molecule has 0 aliphatic carbocycles. The summed E-state index contributed by atoms with van der Waals surface area (Å²) in [6.45, 7) is -0.370. The summed E-state index contributed by atoms with van der Waals surface area (Å²) in [6.07, 6.45) is 2.50. The van der Waals surface area contributed by atoms with E-state index in [1.165, 1.54) is 12.5 Å². The van der Waals surface area contributed by atoms with Crippen molar-refractivity contribution in [3.8, 4) is 0 Å². The zero-order valence-electron chi connectivity index (χ0n) is 5.90. The van der Waals surface area contributed by atoms with Crippen LogP contribution in [0, 0.1) is 0 Å². The summed E-state index contributed by atoms with van der Waals surface area (Å²) in [6, 6.07) is 0. The Morgan fingerprint density at radius 3 is 3.00 bits per heavy atom. The maximum absolute atomic E-state index is 11.1. The van der Waals surface area contributed by atoms with Crippen molar-refractivity contribution in [1.82, 2.24) is 9.55 Å². The van der Waals surface area contributed by atoms with E-state index >= 15 is 0 Å². The lowest BCUT2D eigenvalue weighted by Crippen LogP contribution is -2.24. The first-order valence-corrected chi connectivity index (χ1v) is 3.82. The van der Waals surface area contributed by atoms with Crippen molar-refractivity contribution >= 4 is 21.9 Å². The van der Waals surface area contributed by atoms with Crippen molar-refractivity contribution < 1.29 is 9.90 Å². The third-order valence-corrected chi connectivity index (χ3v) is 1.71. The molecule has 1 heterocycles. The first-order valence-electron chi connectivity index (χ1n) is 3.03. The Labute approximate surface area is 75.8 Å². The van der Waals surface area contributed by atoms with Gasteiger partial charge in [0.25, 0.3) is 5.56 Å². The Balaban J connectivity index is 3.09. The second kappa shape index (κ2) is 3.48. The van der Waals surface area contributed by atoms with Gasteiger partial charge in [0.2, 0.25) is 0 Å². The van der Waals surface area contributed by atoms with Crippen molar-refractivity contribution in [1.29, 1.82) is 0 Å². The Hall–Kier alpha value is -1.17. The van der Waals surface area contributed by atoms with Crippen LogP contribution in [0.4, 0.5) is 0 Å². The van der Waals surface area contributed by atoms with E-state index in [2.05, 4.69) is 20.9 Å². The van der Waals surface area contributed by atoms with Crippen molar-refractivity contribution in [2.45, 2.75) is 6.54 Å². The minimum atomic E-state index is -1.07. The van der Waals surface area contributed by atoms with E-state index in [4.69, 9.17) is 5.11 Å². The Morgan fingerprint density at radius 1 is 1.75 bits per heavy atom. The summed E-state index contributed by atoms with van der Waals surface area (Å²) < 4.78 is 1.26. The zero-order chi connectivity index (χ0) is 9.14. The number of nitrogens with zero attached hydrogens (tertiary/aromatic N) is 2. The molecule has 1 aromatic heterocycles. The van der Waals surface area contributed by atoms with Gasteiger partial charge in [0, 0.05) is 6.20 Å². The molecule has 12 heavy (non-hydrogen) atoms. The molecule has 1 N–H and O–H groups in total. The van der Waals surface area contributed by atoms with Crippen LogP contribution in [0.25, 0.3) is 0 Å². The van der Waals surface area contributed by atoms with E-state index in [9.17, 15) is 9.59 Å². The molecule has 0 bridgehead atoms. The lowest BCUT2D eigenvalue weighted by Gasteiger charge is -1.99. The maximum atomic E-state index is 11.1. The van der Waals surface area contributed by atoms with Gasteiger partial charge in [-0.15, -0.1) is 0 Å². The molecule has 0 saturated heterocycles. The van der Waals surface area contributed by atoms with Crippen LogP contribution in [0.2, 0.25) is 0 Å². The molecule has 64 valence electrons. The number of rotatable bonds is 2. The summed E-state index contributed by atoms with van der Waals surface area (Å²) in [5.41, 5.74) is -0.396. The van der Waals surface area contributed by atoms with Gasteiger partial charge in [-0.2, -0.15) is 0 Å². The molecular formula is C6H5BrN2O3. The number of carboxylic acids is 1. The third kappa shape index (κ3) is 1.91. The zero-order valence-corrected chi connectivity index (χ0v) is 7.48. The normalized spacial score (nSPS) is 9.75. The molecule has 1 rings (SSSR count). The van der Waals surface area contributed by atoms with Gasteiger partial charge in [-0.05, 0) is 15.9 Å². The Bertz CT molecular complexity index is 360. The van der Waals surface area contributed by atoms with Crippen LogP contribution in [-0.2, 0) is 11.3 Å². The topological polar surface area (TPSA) is 72.2 Å². The summed E-state index contributed by atoms with van der Waals surface area (Å²) in [5, 5.41) is 8.38. The van der Waals surface area contributed by atoms with Crippen LogP contribution < -0.4 is 5.56 Å². The van der Waals surface area contributed by atoms with Gasteiger partial charge in [0.05, 0.1) is 6.33 Å². The van der Waals surface area contributed by atoms with Gasteiger partial charge in [-0.25, -0.2) is 4.98 Å². The standard InChI is InChI=1S/C6H5BrN2O3/c7-4-1-8-3-9(6(4)12)2-5(10)11/h1,3H,2H2,(H,10,11). The first kappa shape index (κ1) is 8.92. The van der Waals surface area contributed by atoms with Crippen molar-refractivity contribution in [3.63, 3.8) is 0 Å². The van der Waals surface area contributed by atoms with E-state index in [0.29, 0.717) is 0 Å². The monoisotopic (exact) mass is 232 g/mol. The third-order valence-electron chi connectivity index (χ3n) is 1.16. The first-order chi connectivity index (χ1) is 5.61. The number of halogens is 1. The second-order valence-electron chi connectivity index (χ2n) is 2.07. The molecule has 6 heteroatoms. The molecular weight excluding hydrogens is 228 g/mol. The molecule has 0 aliphatic heterocycles. The van der Waals surface area contributed by atoms with Gasteiger partial charge in [-0.1, -0.05) is 0 Å². The predicted molar refractivity (Wildman–Crippen MR) is 43.8 cm³/mol. The summed E-state index contributed by atoms with van der Waals surface area (Å²) >= 11 is 2.95. The highest BCUT2D eigenvalue weighted by atomic mass is 79.9. The van der Waals surface area contributed by atoms with Crippen LogP contribution in [0.1, 0.15) is 0 Å². The minimum absolute atomic E-state index is 0.256. The molecule has 0 fully saturated rings. The van der Waals surface area contributed by atoms with E-state index in [-0.39, 0.29) is 11.0 Å². The SMILES string of the molecule is O=C(O)Cn1cncc(Br)c1=O. The molecule has 1 aromatic rings. The summed E-state index contributed by atoms with van der Waals surface area (Å²) in [5.74, 6) is -1.07. The molecule has 0 amide bonds. The average molecular weight is 233 g/mol. The van der Waals surface area contributed by atoms with Crippen LogP contribution >= 0.6 is 15.9 Å². The molecule has 0 spiro atoms. The molecule has 5 nitrogen and oxygen atoms in total. The predicted octanol–water partition coefficient (Wildman–Crippen LogP) is 0.0904. The van der Waals surface area contributed by atoms with Gasteiger partial charge in [-0.3, -0.25) is 14.2 Å². The van der Waals surface area contributed by atoms with Gasteiger partial charge < -0.3 is 5.11 Å². The number of hydrogen-bond donors (Lipinski definition) is 1. The van der Waals surface area contributed by atoms with E-state index in [1.807, 2.05) is 0 Å². The molecule has 0 aliphatic rings. The highest BCUT2D eigenvalue weighted by molar-refractivity contribution is 9.10. The number of carbonyl (C=O) groups is 1. The lowest BCUT2D eigenvalue weighted by molar-refractivity contribution is -0.137. The molecule has 0 saturated carbocycles. The fourth-order valence-corrected chi connectivity index (χ4v) is 1.03. The number of carboxylic acid groups (broad SMARTS) is 1. The lowest BCUT2D eigenvalue weighted by atomic mass is 10.6. The van der Waals surface area contributed by atoms with Gasteiger partial charge >= 0.3 is 5.97 Å². The highest BCUT2D eigenvalue weighted by Crippen LogP contribution is 1.97. The second-order valence-corrected chi connectivity index (χ2v) is 2.92. The van der Waals surface area contributed by atoms with Crippen LogP contribution in [0.3, 0.4) is 0 Å².